The predicted molar refractivity (Wildman–Crippen MR) is 68.8 cm³/mol. The second-order valence-electron chi connectivity index (χ2n) is 5.36. The highest BCUT2D eigenvalue weighted by Crippen LogP contribution is 2.21. The third-order valence-corrected chi connectivity index (χ3v) is 3.99. The molecule has 2 amide bonds. The molecule has 2 heterocycles. The molecule has 0 aromatic rings. The summed E-state index contributed by atoms with van der Waals surface area (Å²) in [5, 5.41) is 0. The molecular formula is C13H25N3O. The van der Waals surface area contributed by atoms with Gasteiger partial charge in [0.1, 0.15) is 0 Å². The summed E-state index contributed by atoms with van der Waals surface area (Å²) in [7, 11) is 0. The molecule has 0 radical (unpaired) electrons. The molecular weight excluding hydrogens is 214 g/mol. The second-order valence-corrected chi connectivity index (χ2v) is 5.36. The molecule has 0 aromatic heterocycles. The molecule has 2 fully saturated rings. The smallest absolute Gasteiger partial charge is 0.320 e. The molecule has 98 valence electrons. The van der Waals surface area contributed by atoms with E-state index in [0.29, 0.717) is 5.92 Å². The molecule has 2 N–H and O–H groups in total. The van der Waals surface area contributed by atoms with Crippen LogP contribution in [0, 0.1) is 5.92 Å². The van der Waals surface area contributed by atoms with Crippen LogP contribution in [0.5, 0.6) is 0 Å². The van der Waals surface area contributed by atoms with Crippen molar-refractivity contribution in [2.24, 2.45) is 11.7 Å². The molecule has 2 aliphatic heterocycles. The van der Waals surface area contributed by atoms with Gasteiger partial charge < -0.3 is 15.5 Å². The molecule has 1 atom stereocenters. The van der Waals surface area contributed by atoms with Crippen LogP contribution in [0.4, 0.5) is 4.79 Å². The first-order valence-electron chi connectivity index (χ1n) is 7.05. The van der Waals surface area contributed by atoms with E-state index in [1.165, 1.54) is 25.7 Å². The van der Waals surface area contributed by atoms with Gasteiger partial charge in [-0.05, 0) is 51.0 Å². The number of carbonyl (C=O) groups excluding carboxylic acids is 1. The molecule has 0 aromatic carbocycles. The van der Waals surface area contributed by atoms with E-state index in [1.807, 2.05) is 4.90 Å². The fourth-order valence-electron chi connectivity index (χ4n) is 3.00. The first-order valence-corrected chi connectivity index (χ1v) is 7.05. The Bertz CT molecular complexity index is 249. The van der Waals surface area contributed by atoms with Gasteiger partial charge >= 0.3 is 6.03 Å². The number of hydrogen-bond acceptors (Lipinski definition) is 2. The zero-order chi connectivity index (χ0) is 12.1. The van der Waals surface area contributed by atoms with E-state index in [9.17, 15) is 4.79 Å². The first-order chi connectivity index (χ1) is 8.31. The number of nitrogens with two attached hydrogens (primary N) is 1. The lowest BCUT2D eigenvalue weighted by molar-refractivity contribution is 0.120. The number of likely N-dealkylation sites (tertiary alicyclic amines) is 2. The maximum Gasteiger partial charge on any atom is 0.320 e. The van der Waals surface area contributed by atoms with Crippen LogP contribution in [-0.4, -0.2) is 48.6 Å². The van der Waals surface area contributed by atoms with Gasteiger partial charge in [-0.1, -0.05) is 0 Å². The Labute approximate surface area is 104 Å². The highest BCUT2D eigenvalue weighted by molar-refractivity contribution is 5.74. The molecule has 17 heavy (non-hydrogen) atoms. The van der Waals surface area contributed by atoms with E-state index in [-0.39, 0.29) is 6.03 Å². The van der Waals surface area contributed by atoms with Crippen molar-refractivity contribution in [2.45, 2.75) is 38.5 Å². The maximum absolute atomic E-state index is 12.3. The molecule has 4 nitrogen and oxygen atoms in total. The molecule has 0 bridgehead atoms. The molecule has 2 aliphatic rings. The largest absolute Gasteiger partial charge is 0.330 e. The van der Waals surface area contributed by atoms with Gasteiger partial charge in [0, 0.05) is 26.2 Å². The summed E-state index contributed by atoms with van der Waals surface area (Å²) >= 11 is 0. The fourth-order valence-corrected chi connectivity index (χ4v) is 3.00. The van der Waals surface area contributed by atoms with Gasteiger partial charge in [-0.2, -0.15) is 0 Å². The van der Waals surface area contributed by atoms with Gasteiger partial charge in [0.25, 0.3) is 0 Å². The van der Waals surface area contributed by atoms with Crippen LogP contribution in [0.15, 0.2) is 0 Å². The van der Waals surface area contributed by atoms with Crippen LogP contribution in [0.1, 0.15) is 38.5 Å². The topological polar surface area (TPSA) is 49.6 Å². The second kappa shape index (κ2) is 6.24. The molecule has 2 saturated heterocycles. The van der Waals surface area contributed by atoms with Crippen molar-refractivity contribution in [3.8, 4) is 0 Å². The summed E-state index contributed by atoms with van der Waals surface area (Å²) in [6.45, 7) is 4.52. The number of hydrogen-bond donors (Lipinski definition) is 1. The summed E-state index contributed by atoms with van der Waals surface area (Å²) in [6, 6.07) is 0.270. The Balaban J connectivity index is 1.85. The minimum Gasteiger partial charge on any atom is -0.330 e. The summed E-state index contributed by atoms with van der Waals surface area (Å²) in [5.74, 6) is 0.627. The molecule has 0 aliphatic carbocycles. The van der Waals surface area contributed by atoms with E-state index in [2.05, 4.69) is 4.90 Å². The van der Waals surface area contributed by atoms with Crippen molar-refractivity contribution < 1.29 is 4.79 Å². The van der Waals surface area contributed by atoms with E-state index in [0.717, 1.165) is 45.6 Å². The van der Waals surface area contributed by atoms with Crippen molar-refractivity contribution in [1.29, 1.82) is 0 Å². The van der Waals surface area contributed by atoms with E-state index < -0.39 is 0 Å². The van der Waals surface area contributed by atoms with Crippen molar-refractivity contribution in [1.82, 2.24) is 9.80 Å². The quantitative estimate of drug-likeness (QED) is 0.796. The van der Waals surface area contributed by atoms with Crippen molar-refractivity contribution in [3.63, 3.8) is 0 Å². The summed E-state index contributed by atoms with van der Waals surface area (Å²) in [4.78, 5) is 16.4. The van der Waals surface area contributed by atoms with Gasteiger partial charge in [0.2, 0.25) is 0 Å². The number of carbonyl (C=O) groups is 1. The lowest BCUT2D eigenvalue weighted by Gasteiger charge is -2.37. The van der Waals surface area contributed by atoms with E-state index >= 15 is 0 Å². The van der Waals surface area contributed by atoms with Crippen LogP contribution in [0.2, 0.25) is 0 Å². The third kappa shape index (κ3) is 3.35. The Hall–Kier alpha value is -0.770. The normalized spacial score (nSPS) is 26.1. The van der Waals surface area contributed by atoms with Crippen molar-refractivity contribution >= 4 is 6.03 Å². The molecule has 0 saturated carbocycles. The average Bonchev–Trinajstić information content (AvgIpc) is 2.40. The standard InChI is InChI=1S/C13H25N3O/c14-7-6-12-5-4-10-16(11-12)13(17)15-8-2-1-3-9-15/h12H,1-11,14H2. The molecule has 2 rings (SSSR count). The lowest BCUT2D eigenvalue weighted by atomic mass is 9.95. The van der Waals surface area contributed by atoms with Crippen LogP contribution in [0.3, 0.4) is 0 Å². The molecule has 4 heteroatoms. The third-order valence-electron chi connectivity index (χ3n) is 3.99. The maximum atomic E-state index is 12.3. The monoisotopic (exact) mass is 239 g/mol. The number of urea groups is 1. The number of nitrogens with zero attached hydrogens (tertiary/aromatic N) is 2. The minimum atomic E-state index is 0.270. The Morgan fingerprint density at radius 1 is 1.06 bits per heavy atom. The highest BCUT2D eigenvalue weighted by Gasteiger charge is 2.27. The lowest BCUT2D eigenvalue weighted by Crippen LogP contribution is -2.49. The van der Waals surface area contributed by atoms with Gasteiger partial charge in [0.05, 0.1) is 0 Å². The average molecular weight is 239 g/mol. The van der Waals surface area contributed by atoms with Crippen molar-refractivity contribution in [2.75, 3.05) is 32.7 Å². The Morgan fingerprint density at radius 3 is 2.47 bits per heavy atom. The van der Waals surface area contributed by atoms with Gasteiger partial charge in [-0.15, -0.1) is 0 Å². The predicted octanol–water partition coefficient (Wildman–Crippen LogP) is 1.65. The van der Waals surface area contributed by atoms with Crippen LogP contribution in [-0.2, 0) is 0 Å². The van der Waals surface area contributed by atoms with Crippen LogP contribution in [0.25, 0.3) is 0 Å². The number of piperidine rings is 2. The van der Waals surface area contributed by atoms with Crippen LogP contribution < -0.4 is 5.73 Å². The molecule has 0 spiro atoms. The minimum absolute atomic E-state index is 0.270. The highest BCUT2D eigenvalue weighted by atomic mass is 16.2. The van der Waals surface area contributed by atoms with Crippen molar-refractivity contribution in [3.05, 3.63) is 0 Å². The molecule has 1 unspecified atom stereocenters. The summed E-state index contributed by atoms with van der Waals surface area (Å²) < 4.78 is 0. The zero-order valence-electron chi connectivity index (χ0n) is 10.7. The first kappa shape index (κ1) is 12.7. The summed E-state index contributed by atoms with van der Waals surface area (Å²) in [6.07, 6.45) is 7.06. The Morgan fingerprint density at radius 2 is 1.76 bits per heavy atom. The van der Waals surface area contributed by atoms with Gasteiger partial charge in [0.15, 0.2) is 0 Å². The SMILES string of the molecule is NCCC1CCCN(C(=O)N2CCCCC2)C1. The van der Waals surface area contributed by atoms with E-state index in [4.69, 9.17) is 5.73 Å². The van der Waals surface area contributed by atoms with E-state index in [1.54, 1.807) is 0 Å². The fraction of sp³-hybridized carbons (Fsp3) is 0.923. The summed E-state index contributed by atoms with van der Waals surface area (Å²) in [5.41, 5.74) is 5.61. The number of rotatable bonds is 2. The Kier molecular flexibility index (Phi) is 4.66. The van der Waals surface area contributed by atoms with Gasteiger partial charge in [-0.3, -0.25) is 0 Å². The van der Waals surface area contributed by atoms with Crippen LogP contribution >= 0.6 is 0 Å². The van der Waals surface area contributed by atoms with Gasteiger partial charge in [-0.25, -0.2) is 4.79 Å². The zero-order valence-corrected chi connectivity index (χ0v) is 10.7. The number of amides is 2.